The number of aromatic nitrogens is 5. The zero-order valence-electron chi connectivity index (χ0n) is 17.8. The molecule has 0 radical (unpaired) electrons. The Kier molecular flexibility index (Phi) is 5.03. The number of hydrogen-bond donors (Lipinski definition) is 1. The van der Waals surface area contributed by atoms with Gasteiger partial charge in [0.25, 0.3) is 5.56 Å². The second kappa shape index (κ2) is 8.18. The molecular weight excluding hydrogens is 412 g/mol. The van der Waals surface area contributed by atoms with E-state index in [1.165, 1.54) is 0 Å². The molecule has 2 atom stereocenters. The molecule has 1 aromatic carbocycles. The molecule has 2 fully saturated rings. The molecule has 10 nitrogen and oxygen atoms in total. The van der Waals surface area contributed by atoms with E-state index in [0.29, 0.717) is 42.6 Å². The Morgan fingerprint density at radius 2 is 1.88 bits per heavy atom. The molecule has 0 saturated carbocycles. The van der Waals surface area contributed by atoms with E-state index >= 15 is 0 Å². The van der Waals surface area contributed by atoms with Crippen molar-refractivity contribution in [3.8, 4) is 11.5 Å². The first-order valence-corrected chi connectivity index (χ1v) is 11.3. The van der Waals surface area contributed by atoms with Crippen molar-refractivity contribution in [2.24, 2.45) is 0 Å². The summed E-state index contributed by atoms with van der Waals surface area (Å²) in [5.74, 6) is 2.04. The van der Waals surface area contributed by atoms with Crippen molar-refractivity contribution in [2.45, 2.75) is 44.4 Å². The Morgan fingerprint density at radius 1 is 1.06 bits per heavy atom. The zero-order valence-corrected chi connectivity index (χ0v) is 17.8. The predicted octanol–water partition coefficient (Wildman–Crippen LogP) is 1.65. The topological polar surface area (TPSA) is 107 Å². The van der Waals surface area contributed by atoms with Crippen LogP contribution in [0.25, 0.3) is 10.9 Å². The number of pyridine rings is 1. The van der Waals surface area contributed by atoms with E-state index in [-0.39, 0.29) is 17.7 Å². The summed E-state index contributed by atoms with van der Waals surface area (Å²) >= 11 is 0. The van der Waals surface area contributed by atoms with Gasteiger partial charge in [-0.05, 0) is 61.3 Å². The van der Waals surface area contributed by atoms with Gasteiger partial charge in [-0.3, -0.25) is 9.69 Å². The third kappa shape index (κ3) is 3.53. The SMILES string of the molecule is O=c1[nH]c2cc3c(cc2cc1[C@H](c1nnnn1C[C@@H]1CCCO1)N1CCCC1)OCCO3. The molecule has 32 heavy (non-hydrogen) atoms. The van der Waals surface area contributed by atoms with Gasteiger partial charge >= 0.3 is 0 Å². The highest BCUT2D eigenvalue weighted by atomic mass is 16.6. The number of benzene rings is 1. The molecule has 2 aromatic heterocycles. The highest BCUT2D eigenvalue weighted by Crippen LogP contribution is 2.35. The molecule has 2 saturated heterocycles. The standard InChI is InChI=1S/C22H26N6O4/c29-22-16(10-14-11-18-19(12-17(14)23-22)32-9-8-31-18)20(27-5-1-2-6-27)21-24-25-26-28(21)13-15-4-3-7-30-15/h10-12,15,20H,1-9,13H2,(H,23,29)/t15-,20+/m0/s1. The smallest absolute Gasteiger partial charge is 0.253 e. The molecule has 3 aliphatic heterocycles. The fourth-order valence-electron chi connectivity index (χ4n) is 4.98. The van der Waals surface area contributed by atoms with E-state index < -0.39 is 0 Å². The number of fused-ring (bicyclic) bond motifs is 2. The van der Waals surface area contributed by atoms with E-state index in [2.05, 4.69) is 25.4 Å². The highest BCUT2D eigenvalue weighted by Gasteiger charge is 2.33. The quantitative estimate of drug-likeness (QED) is 0.641. The first-order valence-electron chi connectivity index (χ1n) is 11.3. The lowest BCUT2D eigenvalue weighted by Gasteiger charge is -2.27. The lowest BCUT2D eigenvalue weighted by molar-refractivity contribution is 0.0912. The summed E-state index contributed by atoms with van der Waals surface area (Å²) < 4.78 is 19.0. The lowest BCUT2D eigenvalue weighted by Crippen LogP contribution is -2.34. The van der Waals surface area contributed by atoms with Gasteiger partial charge in [0.1, 0.15) is 19.3 Å². The van der Waals surface area contributed by atoms with Crippen LogP contribution in [0.1, 0.15) is 43.1 Å². The van der Waals surface area contributed by atoms with Crippen molar-refractivity contribution >= 4 is 10.9 Å². The van der Waals surface area contributed by atoms with Gasteiger partial charge in [0.2, 0.25) is 0 Å². The number of tetrazole rings is 1. The van der Waals surface area contributed by atoms with Gasteiger partial charge in [0.15, 0.2) is 17.3 Å². The number of ether oxygens (including phenoxy) is 3. The molecule has 0 spiro atoms. The monoisotopic (exact) mass is 438 g/mol. The second-order valence-electron chi connectivity index (χ2n) is 8.64. The number of hydrogen-bond acceptors (Lipinski definition) is 8. The summed E-state index contributed by atoms with van der Waals surface area (Å²) in [6, 6.07) is 5.39. The van der Waals surface area contributed by atoms with Crippen LogP contribution in [0.3, 0.4) is 0 Å². The molecule has 6 rings (SSSR count). The lowest BCUT2D eigenvalue weighted by atomic mass is 10.0. The van der Waals surface area contributed by atoms with Gasteiger partial charge in [-0.15, -0.1) is 5.10 Å². The predicted molar refractivity (Wildman–Crippen MR) is 115 cm³/mol. The third-order valence-corrected chi connectivity index (χ3v) is 6.54. The minimum Gasteiger partial charge on any atom is -0.486 e. The van der Waals surface area contributed by atoms with Crippen molar-refractivity contribution in [1.29, 1.82) is 0 Å². The third-order valence-electron chi connectivity index (χ3n) is 6.54. The second-order valence-corrected chi connectivity index (χ2v) is 8.64. The number of rotatable bonds is 5. The Morgan fingerprint density at radius 3 is 2.66 bits per heavy atom. The molecule has 3 aliphatic rings. The number of nitrogens with one attached hydrogen (secondary N) is 1. The molecule has 10 heteroatoms. The van der Waals surface area contributed by atoms with Gasteiger partial charge in [-0.2, -0.15) is 0 Å². The minimum atomic E-state index is -0.324. The van der Waals surface area contributed by atoms with Gasteiger partial charge in [-0.1, -0.05) is 0 Å². The van der Waals surface area contributed by atoms with Gasteiger partial charge < -0.3 is 19.2 Å². The van der Waals surface area contributed by atoms with Crippen LogP contribution in [0.2, 0.25) is 0 Å². The number of nitrogens with zero attached hydrogens (tertiary/aromatic N) is 5. The summed E-state index contributed by atoms with van der Waals surface area (Å²) in [6.45, 7) is 4.19. The maximum absolute atomic E-state index is 13.3. The van der Waals surface area contributed by atoms with Gasteiger partial charge in [0, 0.05) is 23.6 Å². The van der Waals surface area contributed by atoms with Gasteiger partial charge in [0.05, 0.1) is 18.2 Å². The number of H-pyrrole nitrogens is 1. The van der Waals surface area contributed by atoms with Gasteiger partial charge in [-0.25, -0.2) is 4.68 Å². The van der Waals surface area contributed by atoms with Crippen LogP contribution in [-0.4, -0.2) is 69.1 Å². The average Bonchev–Trinajstić information content (AvgIpc) is 3.58. The van der Waals surface area contributed by atoms with Crippen LogP contribution in [0.15, 0.2) is 23.0 Å². The van der Waals surface area contributed by atoms with Crippen molar-refractivity contribution in [3.63, 3.8) is 0 Å². The first kappa shape index (κ1) is 19.7. The Balaban J connectivity index is 1.44. The summed E-state index contributed by atoms with van der Waals surface area (Å²) in [5, 5.41) is 13.5. The molecule has 0 unspecified atom stereocenters. The Hall–Kier alpha value is -2.98. The molecular formula is C22H26N6O4. The van der Waals surface area contributed by atoms with E-state index in [1.807, 2.05) is 22.9 Å². The fraction of sp³-hybridized carbons (Fsp3) is 0.545. The van der Waals surface area contributed by atoms with Crippen molar-refractivity contribution < 1.29 is 14.2 Å². The van der Waals surface area contributed by atoms with Crippen molar-refractivity contribution in [3.05, 3.63) is 39.9 Å². The Labute approximate surface area is 184 Å². The van der Waals surface area contributed by atoms with Crippen molar-refractivity contribution in [1.82, 2.24) is 30.1 Å². The number of likely N-dealkylation sites (tertiary alicyclic amines) is 1. The first-order chi connectivity index (χ1) is 15.8. The van der Waals surface area contributed by atoms with Crippen molar-refractivity contribution in [2.75, 3.05) is 32.9 Å². The molecule has 0 bridgehead atoms. The van der Waals surface area contributed by atoms with Crippen LogP contribution in [0, 0.1) is 0 Å². The summed E-state index contributed by atoms with van der Waals surface area (Å²) in [4.78, 5) is 18.6. The van der Waals surface area contributed by atoms with Crippen LogP contribution < -0.4 is 15.0 Å². The summed E-state index contributed by atoms with van der Waals surface area (Å²) in [6.07, 6.45) is 4.34. The zero-order chi connectivity index (χ0) is 21.5. The van der Waals surface area contributed by atoms with E-state index in [4.69, 9.17) is 14.2 Å². The van der Waals surface area contributed by atoms with E-state index in [0.717, 1.165) is 56.3 Å². The van der Waals surface area contributed by atoms with Crippen LogP contribution in [-0.2, 0) is 11.3 Å². The van der Waals surface area contributed by atoms with E-state index in [9.17, 15) is 4.79 Å². The molecule has 1 N–H and O–H groups in total. The van der Waals surface area contributed by atoms with Crippen LogP contribution >= 0.6 is 0 Å². The maximum Gasteiger partial charge on any atom is 0.253 e. The molecule has 0 aliphatic carbocycles. The molecule has 5 heterocycles. The highest BCUT2D eigenvalue weighted by molar-refractivity contribution is 5.83. The van der Waals surface area contributed by atoms with Crippen LogP contribution in [0.4, 0.5) is 0 Å². The Bertz CT molecular complexity index is 1180. The minimum absolute atomic E-state index is 0.107. The normalized spacial score (nSPS) is 21.9. The summed E-state index contributed by atoms with van der Waals surface area (Å²) in [5.41, 5.74) is 1.22. The molecule has 168 valence electrons. The van der Waals surface area contributed by atoms with Crippen LogP contribution in [0.5, 0.6) is 11.5 Å². The maximum atomic E-state index is 13.3. The van der Waals surface area contributed by atoms with E-state index in [1.54, 1.807) is 0 Å². The fourth-order valence-corrected chi connectivity index (χ4v) is 4.98. The largest absolute Gasteiger partial charge is 0.486 e. The number of aromatic amines is 1. The average molecular weight is 438 g/mol. The molecule has 3 aromatic rings. The summed E-state index contributed by atoms with van der Waals surface area (Å²) in [7, 11) is 0. The molecule has 0 amide bonds.